The highest BCUT2D eigenvalue weighted by atomic mass is 35.5. The lowest BCUT2D eigenvalue weighted by atomic mass is 9.55. The summed E-state index contributed by atoms with van der Waals surface area (Å²) in [6.45, 7) is 15.5. The van der Waals surface area contributed by atoms with E-state index in [9.17, 15) is 72.8 Å². The van der Waals surface area contributed by atoms with Gasteiger partial charge in [0.25, 0.3) is 5.69 Å². The lowest BCUT2D eigenvalue weighted by Gasteiger charge is -2.50. The van der Waals surface area contributed by atoms with Gasteiger partial charge in [0.2, 0.25) is 35.4 Å². The van der Waals surface area contributed by atoms with Gasteiger partial charge in [-0.05, 0) is 258 Å². The van der Waals surface area contributed by atoms with Crippen LogP contribution in [0.25, 0.3) is 0 Å². The number of amides is 8. The molecule has 4 saturated carbocycles. The van der Waals surface area contributed by atoms with E-state index in [1.54, 1.807) is 36.4 Å². The lowest BCUT2D eigenvalue weighted by Crippen LogP contribution is -2.46. The van der Waals surface area contributed by atoms with E-state index in [4.69, 9.17) is 46.8 Å². The number of halogens is 1. The molecule has 13 N–H and O–H groups in total. The molecule has 0 bridgehead atoms. The summed E-state index contributed by atoms with van der Waals surface area (Å²) in [6, 6.07) is 50.4. The molecule has 0 radical (unpaired) electrons. The van der Waals surface area contributed by atoms with E-state index < -0.39 is 59.0 Å². The number of hydrogen-bond donors (Lipinski definition) is 11. The van der Waals surface area contributed by atoms with Crippen LogP contribution in [0.2, 0.25) is 5.02 Å². The van der Waals surface area contributed by atoms with E-state index in [1.807, 2.05) is 117 Å². The summed E-state index contributed by atoms with van der Waals surface area (Å²) in [5, 5.41) is 43.9. The largest absolute Gasteiger partial charge is 0.514 e. The zero-order valence-corrected chi connectivity index (χ0v) is 87.1. The smallest absolute Gasteiger partial charge is 0.508 e. The van der Waals surface area contributed by atoms with Crippen molar-refractivity contribution >= 4 is 88.6 Å². The third-order valence-electron chi connectivity index (χ3n) is 29.9. The van der Waals surface area contributed by atoms with Gasteiger partial charge in [0.05, 0.1) is 22.6 Å². The van der Waals surface area contributed by atoms with Crippen molar-refractivity contribution in [2.24, 2.45) is 57.8 Å². The summed E-state index contributed by atoms with van der Waals surface area (Å²) in [5.41, 5.74) is 19.2. The van der Waals surface area contributed by atoms with E-state index >= 15 is 0 Å². The van der Waals surface area contributed by atoms with Crippen LogP contribution in [-0.2, 0) is 84.9 Å². The number of fused-ring (bicyclic) bond motifs is 10. The lowest BCUT2D eigenvalue weighted by molar-refractivity contribution is -0.384. The monoisotopic (exact) mass is 2040 g/mol. The number of aromatic hydroxyl groups is 1. The minimum atomic E-state index is -0.864. The third-order valence-corrected chi connectivity index (χ3v) is 30.3. The molecule has 6 aliphatic rings. The van der Waals surface area contributed by atoms with Crippen molar-refractivity contribution < 1.29 is 91.2 Å². The van der Waals surface area contributed by atoms with Gasteiger partial charge >= 0.3 is 24.3 Å². The second-order valence-electron chi connectivity index (χ2n) is 39.8. The normalized spacial score (nSPS) is 20.1. The summed E-state index contributed by atoms with van der Waals surface area (Å²) in [7, 11) is 0. The number of non-ortho nitro benzene ring substituents is 1. The van der Waals surface area contributed by atoms with Gasteiger partial charge in [-0.15, -0.1) is 0 Å². The van der Waals surface area contributed by atoms with Gasteiger partial charge in [0.15, 0.2) is 11.6 Å². The summed E-state index contributed by atoms with van der Waals surface area (Å²) >= 11 is 6.10. The van der Waals surface area contributed by atoms with Gasteiger partial charge in [-0.1, -0.05) is 201 Å². The molecule has 8 amide bonds. The van der Waals surface area contributed by atoms with Gasteiger partial charge in [-0.3, -0.25) is 48.5 Å². The Kier molecular flexibility index (Phi) is 48.0. The van der Waals surface area contributed by atoms with Crippen LogP contribution >= 0.6 is 11.6 Å². The Labute approximate surface area is 870 Å². The first kappa shape index (κ1) is 116. The number of carbonyl (C=O) groups excluding carboxylic acids is 12. The number of alkyl carbamates (subject to hydrolysis) is 2. The van der Waals surface area contributed by atoms with Crippen LogP contribution in [0.15, 0.2) is 176 Å². The van der Waals surface area contributed by atoms with Crippen molar-refractivity contribution in [1.82, 2.24) is 42.5 Å². The SMILES string of the molecule is CC.CC12CCC3c4ccc(OC(=O)c5ccccc5)cc4CCC3C1CCC2OC(=O)Oc1ccc([N+](=O)[O-])cc1.CCCCCNC(=O)CCC(=O)NC(Cc1ccccc1)C(=O)CC(CCCCN)C(=O)NCCNC(=O)OC1CCC2C3CCc4cc(O)ccc4C3CCC12C.CCCCCNC(=O)CCC(=O)NC(Cc1ccccc1)C(=O)CC(CCCCNC(=O)OCc1ccccc1Cl)C(=O)NCCN. The van der Waals surface area contributed by atoms with Crippen molar-refractivity contribution in [3.8, 4) is 17.2 Å². The number of Topliss-reactive ketones (excluding diaryl/α,β-unsaturated/α-hetero) is 2. The molecule has 32 heteroatoms. The van der Waals surface area contributed by atoms with E-state index in [0.717, 1.165) is 127 Å². The Morgan fingerprint density at radius 2 is 0.932 bits per heavy atom. The molecule has 6 aliphatic carbocycles. The molecule has 0 aliphatic heterocycles. The summed E-state index contributed by atoms with van der Waals surface area (Å²) in [6.07, 6.45) is 18.9. The molecule has 0 saturated heterocycles. The Hall–Kier alpha value is -12.6. The predicted octanol–water partition coefficient (Wildman–Crippen LogP) is 18.5. The van der Waals surface area contributed by atoms with Gasteiger partial charge < -0.3 is 82.8 Å². The number of phenols is 1. The second kappa shape index (κ2) is 60.6. The van der Waals surface area contributed by atoms with E-state index in [-0.39, 0.29) is 160 Å². The van der Waals surface area contributed by atoms with E-state index in [0.29, 0.717) is 128 Å². The number of esters is 1. The fraction of sp³-hybridized carbons (Fsp3) is 0.530. The number of ether oxygens (including phenoxy) is 5. The number of nitrogens with zero attached hydrogens (tertiary/aromatic N) is 1. The van der Waals surface area contributed by atoms with Crippen LogP contribution < -0.4 is 63.5 Å². The van der Waals surface area contributed by atoms with Crippen molar-refractivity contribution in [2.75, 3.05) is 52.4 Å². The van der Waals surface area contributed by atoms with Gasteiger partial charge in [0, 0.05) is 130 Å². The number of nitro benzene ring substituents is 1. The van der Waals surface area contributed by atoms with Crippen LogP contribution in [0.4, 0.5) is 20.1 Å². The maximum atomic E-state index is 13.8. The average molecular weight is 2050 g/mol. The first-order chi connectivity index (χ1) is 71.1. The fourth-order valence-electron chi connectivity index (χ4n) is 22.1. The first-order valence-corrected chi connectivity index (χ1v) is 53.6. The summed E-state index contributed by atoms with van der Waals surface area (Å²) in [5.74, 6) is 0.0176. The minimum Gasteiger partial charge on any atom is -0.508 e. The summed E-state index contributed by atoms with van der Waals surface area (Å²) < 4.78 is 28.2. The summed E-state index contributed by atoms with van der Waals surface area (Å²) in [4.78, 5) is 165. The van der Waals surface area contributed by atoms with Crippen molar-refractivity contribution in [2.45, 2.75) is 290 Å². The molecule has 31 nitrogen and oxygen atoms in total. The zero-order valence-electron chi connectivity index (χ0n) is 86.3. The Morgan fingerprint density at radius 1 is 0.469 bits per heavy atom. The fourth-order valence-corrected chi connectivity index (χ4v) is 22.3. The molecule has 0 spiro atoms. The molecule has 14 atom stereocenters. The molecule has 7 aromatic rings. The van der Waals surface area contributed by atoms with Gasteiger partial charge in [0.1, 0.15) is 36.1 Å². The maximum absolute atomic E-state index is 13.8. The number of rotatable bonds is 50. The molecular formula is C115H154ClN11O20. The zero-order chi connectivity index (χ0) is 106. The topological polar surface area (TPSA) is 463 Å². The standard InChI is InChI=1S/C46H67N5O7.C35H50ClN5O6.C32H31NO7.C2H6/c1-3-4-10-25-48-42(54)20-21-43(55)51-39(28-31-11-6-5-7-12-31)40(53)30-33(13-8-9-24-47)44(56)49-26-27-50-45(57)58-41-19-18-38-37-16-14-32-29-34(52)15-17-35(32)36(37)22-23-46(38,41)2;1-2-3-10-20-38-32(43)17-18-33(44)41-30(23-26-12-5-4-6-13-26)31(42)24-27(34(45)39-22-19-37)14-9-11-21-40-35(46)47-25-28-15-7-8-16-29(28)36;1-32-18-17-26-25-14-12-24(38-30(34)20-5-3-2-4-6-20)19-21(25)7-13-27(26)28(32)15-16-29(32)40-31(35)39-23-10-8-22(9-11-23)33(36)37;1-2/h5-7,11-12,15,17,29,33,36-39,41,52H,3-4,8-10,13-14,16,18-28,30,47H2,1-2H3,(H,48,54)(H,49,56)(H,50,57)(H,51,55);4-8,12-13,15-16,27,30H,2-3,9-11,14,17-25,37H2,1H3,(H,38,43)(H,39,45)(H,40,46)(H,41,44);2-6,8-12,14,19,26-29H,7,13,15-18H2,1H3;1-2H3. The van der Waals surface area contributed by atoms with Gasteiger partial charge in [-0.2, -0.15) is 0 Å². The number of hydrogen-bond acceptors (Lipinski definition) is 22. The average Bonchev–Trinajstić information content (AvgIpc) is 1.61. The van der Waals surface area contributed by atoms with Crippen molar-refractivity contribution in [1.29, 1.82) is 0 Å². The number of phenolic OH excluding ortho intramolecular Hbond substituents is 1. The van der Waals surface area contributed by atoms with E-state index in [1.165, 1.54) is 46.5 Å². The molecule has 0 heterocycles. The minimum absolute atomic E-state index is 0.0237. The van der Waals surface area contributed by atoms with Crippen LogP contribution in [-0.4, -0.2) is 158 Å². The van der Waals surface area contributed by atoms with E-state index in [2.05, 4.69) is 82.4 Å². The number of benzene rings is 7. The number of nitrogens with one attached hydrogen (secondary N) is 8. The number of nitrogens with two attached hydrogens (primary N) is 2. The van der Waals surface area contributed by atoms with Gasteiger partial charge in [-0.25, -0.2) is 19.2 Å². The number of carbonyl (C=O) groups is 12. The highest BCUT2D eigenvalue weighted by Gasteiger charge is 2.58. The van der Waals surface area contributed by atoms with Crippen molar-refractivity contribution in [3.05, 3.63) is 236 Å². The first-order valence-electron chi connectivity index (χ1n) is 53.2. The Balaban J connectivity index is 0.000000227. The Bertz CT molecular complexity index is 5430. The molecule has 7 aromatic carbocycles. The number of nitro groups is 1. The number of aryl methyl sites for hydroxylation is 2. The molecule has 14 unspecified atom stereocenters. The van der Waals surface area contributed by atoms with Crippen molar-refractivity contribution in [3.63, 3.8) is 0 Å². The van der Waals surface area contributed by atoms with Crippen LogP contribution in [0.1, 0.15) is 282 Å². The predicted molar refractivity (Wildman–Crippen MR) is 564 cm³/mol. The molecule has 0 aromatic heterocycles. The quantitative estimate of drug-likeness (QED) is 0.00321. The second-order valence-corrected chi connectivity index (χ2v) is 40.2. The molecule has 796 valence electrons. The third kappa shape index (κ3) is 35.9. The molecule has 4 fully saturated rings. The number of ketones is 2. The van der Waals surface area contributed by atoms with Crippen LogP contribution in [0.5, 0.6) is 17.2 Å². The number of unbranched alkanes of at least 4 members (excludes halogenated alkanes) is 6. The highest BCUT2D eigenvalue weighted by Crippen LogP contribution is 2.63. The molecule has 13 rings (SSSR count). The molecular weight excluding hydrogens is 1890 g/mol. The maximum Gasteiger partial charge on any atom is 0.514 e. The highest BCUT2D eigenvalue weighted by molar-refractivity contribution is 6.31. The molecule has 147 heavy (non-hydrogen) atoms. The van der Waals surface area contributed by atoms with Crippen LogP contribution in [0.3, 0.4) is 0 Å². The van der Waals surface area contributed by atoms with Crippen LogP contribution in [0, 0.1) is 56.5 Å². The Morgan fingerprint density at radius 3 is 1.46 bits per heavy atom.